The summed E-state index contributed by atoms with van der Waals surface area (Å²) in [5.74, 6) is 1.73. The second-order valence-electron chi connectivity index (χ2n) is 8.33. The van der Waals surface area contributed by atoms with E-state index in [1.165, 1.54) is 12.8 Å². The molecule has 0 saturated heterocycles. The van der Waals surface area contributed by atoms with Crippen molar-refractivity contribution in [3.05, 3.63) is 72.8 Å². The highest BCUT2D eigenvalue weighted by Crippen LogP contribution is 2.40. The number of nitrogens with one attached hydrogen (secondary N) is 1. The maximum atomic E-state index is 13.1. The van der Waals surface area contributed by atoms with Crippen molar-refractivity contribution < 1.29 is 9.53 Å². The first-order valence-corrected chi connectivity index (χ1v) is 10.8. The first-order valence-electron chi connectivity index (χ1n) is 10.8. The van der Waals surface area contributed by atoms with Crippen molar-refractivity contribution in [2.75, 3.05) is 11.9 Å². The Morgan fingerprint density at radius 3 is 2.94 bits per heavy atom. The molecule has 1 aliphatic heterocycles. The summed E-state index contributed by atoms with van der Waals surface area (Å²) >= 11 is 0. The van der Waals surface area contributed by atoms with Gasteiger partial charge in [-0.05, 0) is 44.0 Å². The van der Waals surface area contributed by atoms with Crippen molar-refractivity contribution in [3.63, 3.8) is 0 Å². The van der Waals surface area contributed by atoms with Gasteiger partial charge in [0.2, 0.25) is 0 Å². The zero-order valence-corrected chi connectivity index (χ0v) is 17.6. The minimum absolute atomic E-state index is 0.137. The van der Waals surface area contributed by atoms with Crippen LogP contribution in [0.25, 0.3) is 17.1 Å². The van der Waals surface area contributed by atoms with Crippen molar-refractivity contribution in [1.82, 2.24) is 24.1 Å². The molecule has 1 aliphatic carbocycles. The van der Waals surface area contributed by atoms with Crippen LogP contribution in [0.5, 0.6) is 5.75 Å². The van der Waals surface area contributed by atoms with Gasteiger partial charge in [-0.2, -0.15) is 0 Å². The van der Waals surface area contributed by atoms with Gasteiger partial charge >= 0.3 is 0 Å². The van der Waals surface area contributed by atoms with Gasteiger partial charge in [0.1, 0.15) is 18.1 Å². The summed E-state index contributed by atoms with van der Waals surface area (Å²) in [4.78, 5) is 26.4. The number of nitrogens with zero attached hydrogens (tertiary/aromatic N) is 5. The largest absolute Gasteiger partial charge is 0.488 e. The van der Waals surface area contributed by atoms with Gasteiger partial charge in [0.05, 0.1) is 35.0 Å². The minimum atomic E-state index is -0.299. The molecular formula is C24H22N6O2. The van der Waals surface area contributed by atoms with E-state index in [0.717, 1.165) is 22.8 Å². The second kappa shape index (κ2) is 7.33. The van der Waals surface area contributed by atoms with Crippen molar-refractivity contribution in [1.29, 1.82) is 0 Å². The maximum absolute atomic E-state index is 13.1. The standard InChI is InChI=1S/C24H22N6O2/c1-15-13-32-22-18(23-26-9-10-30(15)23)3-2-4-19(22)28-24(31)20-11-17(7-8-25-20)29-12-21(27-14-29)16-5-6-16/h2-4,7-12,14-16H,5-6,13H2,1H3,(H,28,31)/t15-/m1/s1. The van der Waals surface area contributed by atoms with Gasteiger partial charge in [-0.25, -0.2) is 9.97 Å². The highest BCUT2D eigenvalue weighted by atomic mass is 16.5. The van der Waals surface area contributed by atoms with Gasteiger partial charge in [-0.15, -0.1) is 0 Å². The average molecular weight is 426 g/mol. The minimum Gasteiger partial charge on any atom is -0.488 e. The molecule has 4 aromatic rings. The van der Waals surface area contributed by atoms with Crippen LogP contribution in [-0.4, -0.2) is 36.6 Å². The third-order valence-corrected chi connectivity index (χ3v) is 5.99. The summed E-state index contributed by atoms with van der Waals surface area (Å²) in [7, 11) is 0. The summed E-state index contributed by atoms with van der Waals surface area (Å²) in [6.07, 6.45) is 11.6. The number of hydrogen-bond acceptors (Lipinski definition) is 5. The first-order chi connectivity index (χ1) is 15.7. The number of carbonyl (C=O) groups excluding carboxylic acids is 1. The Bertz CT molecular complexity index is 1320. The van der Waals surface area contributed by atoms with E-state index in [2.05, 4.69) is 31.8 Å². The number of benzene rings is 1. The smallest absolute Gasteiger partial charge is 0.274 e. The normalized spacial score (nSPS) is 17.1. The zero-order valence-electron chi connectivity index (χ0n) is 17.6. The molecule has 8 nitrogen and oxygen atoms in total. The van der Waals surface area contributed by atoms with Crippen LogP contribution in [0.3, 0.4) is 0 Å². The summed E-state index contributed by atoms with van der Waals surface area (Å²) < 4.78 is 10.1. The van der Waals surface area contributed by atoms with E-state index < -0.39 is 0 Å². The fourth-order valence-corrected chi connectivity index (χ4v) is 4.09. The van der Waals surface area contributed by atoms with Crippen molar-refractivity contribution in [3.8, 4) is 22.8 Å². The quantitative estimate of drug-likeness (QED) is 0.528. The Labute approximate surface area is 184 Å². The van der Waals surface area contributed by atoms with Gasteiger partial charge in [-0.1, -0.05) is 6.07 Å². The molecule has 32 heavy (non-hydrogen) atoms. The number of fused-ring (bicyclic) bond motifs is 3. The number of anilines is 1. The highest BCUT2D eigenvalue weighted by Gasteiger charge is 2.26. The Morgan fingerprint density at radius 1 is 1.16 bits per heavy atom. The zero-order chi connectivity index (χ0) is 21.7. The predicted octanol–water partition coefficient (Wildman–Crippen LogP) is 4.21. The molecule has 6 rings (SSSR count). The van der Waals surface area contributed by atoms with E-state index in [9.17, 15) is 4.79 Å². The summed E-state index contributed by atoms with van der Waals surface area (Å²) in [5, 5.41) is 2.98. The molecule has 3 aromatic heterocycles. The van der Waals surface area contributed by atoms with E-state index in [-0.39, 0.29) is 11.9 Å². The Balaban J connectivity index is 1.29. The molecule has 1 atom stereocenters. The first kappa shape index (κ1) is 18.8. The summed E-state index contributed by atoms with van der Waals surface area (Å²) in [6, 6.07) is 9.46. The Kier molecular flexibility index (Phi) is 4.31. The molecule has 4 heterocycles. The number of para-hydroxylation sites is 1. The lowest BCUT2D eigenvalue weighted by Crippen LogP contribution is -2.15. The SMILES string of the molecule is C[C@@H]1COc2c(NC(=O)c3cc(-n4cnc(C5CC5)c4)ccn3)cccc2-c2nccn21. The maximum Gasteiger partial charge on any atom is 0.274 e. The fourth-order valence-electron chi connectivity index (χ4n) is 4.09. The number of carbonyl (C=O) groups is 1. The molecule has 2 aliphatic rings. The number of imidazole rings is 2. The van der Waals surface area contributed by atoms with Crippen LogP contribution in [0.1, 0.15) is 47.9 Å². The third-order valence-electron chi connectivity index (χ3n) is 5.99. The Morgan fingerprint density at radius 2 is 2.06 bits per heavy atom. The number of amides is 1. The van der Waals surface area contributed by atoms with Crippen molar-refractivity contribution >= 4 is 11.6 Å². The molecule has 1 aromatic carbocycles. The van der Waals surface area contributed by atoms with Crippen LogP contribution < -0.4 is 10.1 Å². The van der Waals surface area contributed by atoms with Crippen molar-refractivity contribution in [2.45, 2.75) is 31.7 Å². The van der Waals surface area contributed by atoms with Gasteiger partial charge < -0.3 is 19.2 Å². The van der Waals surface area contributed by atoms with Crippen LogP contribution in [0.15, 0.2) is 61.4 Å². The molecule has 0 bridgehead atoms. The fraction of sp³-hybridized carbons (Fsp3) is 0.250. The molecule has 1 saturated carbocycles. The number of hydrogen-bond donors (Lipinski definition) is 1. The molecular weight excluding hydrogens is 404 g/mol. The molecule has 0 unspecified atom stereocenters. The molecule has 0 radical (unpaired) electrons. The van der Waals surface area contributed by atoms with E-state index in [4.69, 9.17) is 4.74 Å². The van der Waals surface area contributed by atoms with E-state index in [1.807, 2.05) is 41.2 Å². The summed E-state index contributed by atoms with van der Waals surface area (Å²) in [6.45, 7) is 2.57. The molecule has 1 fully saturated rings. The number of ether oxygens (including phenoxy) is 1. The van der Waals surface area contributed by atoms with E-state index >= 15 is 0 Å². The van der Waals surface area contributed by atoms with Crippen LogP contribution in [0.2, 0.25) is 0 Å². The Hall–Kier alpha value is -3.94. The monoisotopic (exact) mass is 426 g/mol. The molecule has 160 valence electrons. The number of rotatable bonds is 4. The van der Waals surface area contributed by atoms with Gasteiger partial charge in [0.15, 0.2) is 5.75 Å². The topological polar surface area (TPSA) is 86.9 Å². The lowest BCUT2D eigenvalue weighted by molar-refractivity contribution is 0.102. The molecule has 0 spiro atoms. The highest BCUT2D eigenvalue weighted by molar-refractivity contribution is 6.04. The van der Waals surface area contributed by atoms with Crippen LogP contribution in [-0.2, 0) is 0 Å². The van der Waals surface area contributed by atoms with Crippen LogP contribution in [0.4, 0.5) is 5.69 Å². The van der Waals surface area contributed by atoms with Gasteiger partial charge in [0.25, 0.3) is 5.91 Å². The average Bonchev–Trinajstić information content (AvgIpc) is 3.37. The van der Waals surface area contributed by atoms with Crippen molar-refractivity contribution in [2.24, 2.45) is 0 Å². The molecule has 8 heteroatoms. The van der Waals surface area contributed by atoms with E-state index in [0.29, 0.717) is 29.7 Å². The lowest BCUT2D eigenvalue weighted by atomic mass is 10.1. The van der Waals surface area contributed by atoms with Crippen LogP contribution >= 0.6 is 0 Å². The lowest BCUT2D eigenvalue weighted by Gasteiger charge is -2.14. The van der Waals surface area contributed by atoms with Gasteiger partial charge in [-0.3, -0.25) is 9.78 Å². The molecule has 1 N–H and O–H groups in total. The van der Waals surface area contributed by atoms with Crippen LogP contribution in [0, 0.1) is 0 Å². The predicted molar refractivity (Wildman–Crippen MR) is 119 cm³/mol. The van der Waals surface area contributed by atoms with E-state index in [1.54, 1.807) is 24.8 Å². The number of aromatic nitrogens is 5. The second-order valence-corrected chi connectivity index (χ2v) is 8.33. The third kappa shape index (κ3) is 3.24. The number of pyridine rings is 1. The molecule has 1 amide bonds. The summed E-state index contributed by atoms with van der Waals surface area (Å²) in [5.41, 5.74) is 3.73. The van der Waals surface area contributed by atoms with Gasteiger partial charge in [0, 0.05) is 30.7 Å².